The molecule has 19 heavy (non-hydrogen) atoms. The molecule has 0 aliphatic carbocycles. The SMILES string of the molecule is CC(O)C(C)(C)NC(=O)/C=C/c1cccc(C#N)c1. The molecule has 0 heterocycles. The summed E-state index contributed by atoms with van der Waals surface area (Å²) < 4.78 is 0. The van der Waals surface area contributed by atoms with E-state index in [4.69, 9.17) is 5.26 Å². The van der Waals surface area contributed by atoms with Gasteiger partial charge in [-0.25, -0.2) is 0 Å². The zero-order valence-electron chi connectivity index (χ0n) is 11.3. The van der Waals surface area contributed by atoms with Crippen molar-refractivity contribution < 1.29 is 9.90 Å². The summed E-state index contributed by atoms with van der Waals surface area (Å²) in [5.74, 6) is -0.284. The first-order chi connectivity index (χ1) is 8.85. The molecule has 0 spiro atoms. The summed E-state index contributed by atoms with van der Waals surface area (Å²) in [5.41, 5.74) is 0.645. The van der Waals surface area contributed by atoms with Crippen LogP contribution in [0, 0.1) is 11.3 Å². The lowest BCUT2D eigenvalue weighted by molar-refractivity contribution is -0.119. The van der Waals surface area contributed by atoms with Gasteiger partial charge in [0.15, 0.2) is 0 Å². The number of carbonyl (C=O) groups excluding carboxylic acids is 1. The molecule has 0 fully saturated rings. The number of benzene rings is 1. The van der Waals surface area contributed by atoms with Crippen LogP contribution in [-0.4, -0.2) is 22.7 Å². The van der Waals surface area contributed by atoms with Gasteiger partial charge in [0.25, 0.3) is 0 Å². The molecule has 1 aromatic carbocycles. The third-order valence-electron chi connectivity index (χ3n) is 2.93. The van der Waals surface area contributed by atoms with E-state index in [1.165, 1.54) is 6.08 Å². The van der Waals surface area contributed by atoms with E-state index in [1.54, 1.807) is 45.0 Å². The average Bonchev–Trinajstić information content (AvgIpc) is 2.36. The number of aliphatic hydroxyl groups excluding tert-OH is 1. The first kappa shape index (κ1) is 14.9. The molecular weight excluding hydrogens is 240 g/mol. The predicted octanol–water partition coefficient (Wildman–Crippen LogP) is 1.85. The molecule has 1 rings (SSSR count). The Balaban J connectivity index is 2.71. The number of rotatable bonds is 4. The van der Waals surface area contributed by atoms with Crippen LogP contribution < -0.4 is 5.32 Å². The van der Waals surface area contributed by atoms with Gasteiger partial charge in [0, 0.05) is 6.08 Å². The van der Waals surface area contributed by atoms with Gasteiger partial charge in [0.2, 0.25) is 5.91 Å². The van der Waals surface area contributed by atoms with Gasteiger partial charge in [-0.05, 0) is 44.5 Å². The Kier molecular flexibility index (Phi) is 4.85. The van der Waals surface area contributed by atoms with E-state index in [2.05, 4.69) is 5.32 Å². The van der Waals surface area contributed by atoms with Crippen LogP contribution in [0.1, 0.15) is 31.9 Å². The van der Waals surface area contributed by atoms with Gasteiger partial charge >= 0.3 is 0 Å². The van der Waals surface area contributed by atoms with E-state index in [-0.39, 0.29) is 5.91 Å². The zero-order chi connectivity index (χ0) is 14.5. The van der Waals surface area contributed by atoms with Crippen molar-refractivity contribution in [2.45, 2.75) is 32.4 Å². The van der Waals surface area contributed by atoms with Gasteiger partial charge in [0.1, 0.15) is 0 Å². The van der Waals surface area contributed by atoms with Gasteiger partial charge in [-0.3, -0.25) is 4.79 Å². The van der Waals surface area contributed by atoms with Crippen molar-refractivity contribution in [3.63, 3.8) is 0 Å². The lowest BCUT2D eigenvalue weighted by Crippen LogP contribution is -2.50. The van der Waals surface area contributed by atoms with E-state index in [0.29, 0.717) is 5.56 Å². The van der Waals surface area contributed by atoms with E-state index in [1.807, 2.05) is 12.1 Å². The first-order valence-corrected chi connectivity index (χ1v) is 6.03. The van der Waals surface area contributed by atoms with Gasteiger partial charge < -0.3 is 10.4 Å². The van der Waals surface area contributed by atoms with Crippen LogP contribution in [0.4, 0.5) is 0 Å². The molecule has 4 nitrogen and oxygen atoms in total. The standard InChI is InChI=1S/C15H18N2O2/c1-11(18)15(2,3)17-14(19)8-7-12-5-4-6-13(9-12)10-16/h4-9,11,18H,1-3H3,(H,17,19)/b8-7+. The van der Waals surface area contributed by atoms with Gasteiger partial charge in [-0.15, -0.1) is 0 Å². The summed E-state index contributed by atoms with van der Waals surface area (Å²) in [6, 6.07) is 9.01. The van der Waals surface area contributed by atoms with Crippen LogP contribution in [0.25, 0.3) is 6.08 Å². The number of hydrogen-bond acceptors (Lipinski definition) is 3. The Morgan fingerprint density at radius 3 is 2.79 bits per heavy atom. The Labute approximate surface area is 113 Å². The molecule has 1 amide bonds. The van der Waals surface area contributed by atoms with Gasteiger partial charge in [-0.1, -0.05) is 12.1 Å². The Bertz CT molecular complexity index is 525. The molecule has 0 aliphatic rings. The topological polar surface area (TPSA) is 73.1 Å². The fourth-order valence-electron chi connectivity index (χ4n) is 1.35. The molecule has 0 saturated heterocycles. The smallest absolute Gasteiger partial charge is 0.244 e. The van der Waals surface area contributed by atoms with Crippen LogP contribution in [-0.2, 0) is 4.79 Å². The molecule has 2 N–H and O–H groups in total. The quantitative estimate of drug-likeness (QED) is 0.809. The Morgan fingerprint density at radius 2 is 2.21 bits per heavy atom. The van der Waals surface area contributed by atoms with Crippen molar-refractivity contribution in [2.75, 3.05) is 0 Å². The minimum atomic E-state index is -0.685. The number of amides is 1. The van der Waals surface area contributed by atoms with E-state index >= 15 is 0 Å². The maximum atomic E-state index is 11.7. The molecule has 0 bridgehead atoms. The van der Waals surface area contributed by atoms with Crippen molar-refractivity contribution in [1.82, 2.24) is 5.32 Å². The molecule has 1 aromatic rings. The molecule has 0 aliphatic heterocycles. The number of nitriles is 1. The molecular formula is C15H18N2O2. The van der Waals surface area contributed by atoms with Gasteiger partial charge in [-0.2, -0.15) is 5.26 Å². The van der Waals surface area contributed by atoms with Crippen molar-refractivity contribution in [3.05, 3.63) is 41.5 Å². The number of carbonyl (C=O) groups is 1. The fraction of sp³-hybridized carbons (Fsp3) is 0.333. The third-order valence-corrected chi connectivity index (χ3v) is 2.93. The summed E-state index contributed by atoms with van der Waals surface area (Å²) in [6.45, 7) is 5.12. The molecule has 0 aromatic heterocycles. The average molecular weight is 258 g/mol. The normalized spacial score (nSPS) is 13.0. The number of hydrogen-bond donors (Lipinski definition) is 2. The van der Waals surface area contributed by atoms with Crippen LogP contribution >= 0.6 is 0 Å². The highest BCUT2D eigenvalue weighted by Gasteiger charge is 2.24. The summed E-state index contributed by atoms with van der Waals surface area (Å²) >= 11 is 0. The summed E-state index contributed by atoms with van der Waals surface area (Å²) in [5, 5.41) is 21.0. The summed E-state index contributed by atoms with van der Waals surface area (Å²) in [4.78, 5) is 11.7. The highest BCUT2D eigenvalue weighted by molar-refractivity contribution is 5.92. The number of nitrogens with zero attached hydrogens (tertiary/aromatic N) is 1. The van der Waals surface area contributed by atoms with Gasteiger partial charge in [0.05, 0.1) is 23.3 Å². The molecule has 1 atom stereocenters. The van der Waals surface area contributed by atoms with Crippen LogP contribution in [0.15, 0.2) is 30.3 Å². The van der Waals surface area contributed by atoms with Crippen LogP contribution in [0.2, 0.25) is 0 Å². The minimum Gasteiger partial charge on any atom is -0.391 e. The maximum Gasteiger partial charge on any atom is 0.244 e. The largest absolute Gasteiger partial charge is 0.391 e. The Hall–Kier alpha value is -2.12. The molecule has 0 saturated carbocycles. The molecule has 100 valence electrons. The third kappa shape index (κ3) is 4.57. The second-order valence-corrected chi connectivity index (χ2v) is 4.96. The molecule has 0 radical (unpaired) electrons. The lowest BCUT2D eigenvalue weighted by Gasteiger charge is -2.28. The lowest BCUT2D eigenvalue weighted by atomic mass is 9.99. The van der Waals surface area contributed by atoms with Crippen molar-refractivity contribution in [2.24, 2.45) is 0 Å². The highest BCUT2D eigenvalue weighted by atomic mass is 16.3. The van der Waals surface area contributed by atoms with Crippen LogP contribution in [0.3, 0.4) is 0 Å². The number of nitrogens with one attached hydrogen (secondary N) is 1. The summed E-state index contributed by atoms with van der Waals surface area (Å²) in [7, 11) is 0. The highest BCUT2D eigenvalue weighted by Crippen LogP contribution is 2.09. The fourth-order valence-corrected chi connectivity index (χ4v) is 1.35. The maximum absolute atomic E-state index is 11.7. The van der Waals surface area contributed by atoms with Crippen molar-refractivity contribution in [1.29, 1.82) is 5.26 Å². The van der Waals surface area contributed by atoms with Crippen molar-refractivity contribution in [3.8, 4) is 6.07 Å². The first-order valence-electron chi connectivity index (χ1n) is 6.03. The summed E-state index contributed by atoms with van der Waals surface area (Å²) in [6.07, 6.45) is 2.38. The zero-order valence-corrected chi connectivity index (χ0v) is 11.3. The van der Waals surface area contributed by atoms with Crippen LogP contribution in [0.5, 0.6) is 0 Å². The predicted molar refractivity (Wildman–Crippen MR) is 74.1 cm³/mol. The molecule has 4 heteroatoms. The van der Waals surface area contributed by atoms with E-state index in [0.717, 1.165) is 5.56 Å². The molecule has 1 unspecified atom stereocenters. The minimum absolute atomic E-state index is 0.284. The Morgan fingerprint density at radius 1 is 1.53 bits per heavy atom. The number of aliphatic hydroxyl groups is 1. The van der Waals surface area contributed by atoms with E-state index in [9.17, 15) is 9.90 Å². The monoisotopic (exact) mass is 258 g/mol. The second-order valence-electron chi connectivity index (χ2n) is 4.96. The van der Waals surface area contributed by atoms with E-state index < -0.39 is 11.6 Å². The second kappa shape index (κ2) is 6.17. The van der Waals surface area contributed by atoms with Crippen molar-refractivity contribution >= 4 is 12.0 Å².